The van der Waals surface area contributed by atoms with E-state index in [9.17, 15) is 13.6 Å². The number of nitrogens with zero attached hydrogens (tertiary/aromatic N) is 2. The van der Waals surface area contributed by atoms with Gasteiger partial charge in [0.1, 0.15) is 18.0 Å². The average molecular weight is 415 g/mol. The average Bonchev–Trinajstić information content (AvgIpc) is 3.43. The van der Waals surface area contributed by atoms with E-state index in [2.05, 4.69) is 10.4 Å². The molecule has 30 heavy (non-hydrogen) atoms. The van der Waals surface area contributed by atoms with Crippen LogP contribution in [0.15, 0.2) is 36.5 Å². The van der Waals surface area contributed by atoms with E-state index in [1.807, 2.05) is 12.1 Å². The van der Waals surface area contributed by atoms with Gasteiger partial charge in [0.15, 0.2) is 17.4 Å². The minimum absolute atomic E-state index is 0.0184. The van der Waals surface area contributed by atoms with Crippen LogP contribution in [0.2, 0.25) is 0 Å². The molecule has 3 aromatic rings. The number of aromatic nitrogens is 2. The van der Waals surface area contributed by atoms with Crippen LogP contribution in [0.5, 0.6) is 11.5 Å². The Kier molecular flexibility index (Phi) is 5.57. The van der Waals surface area contributed by atoms with Crippen LogP contribution in [0.1, 0.15) is 26.7 Å². The maximum absolute atomic E-state index is 14.7. The third-order valence-corrected chi connectivity index (χ3v) is 4.85. The molecule has 0 radical (unpaired) electrons. The molecule has 0 aliphatic heterocycles. The Hall–Kier alpha value is -3.16. The van der Waals surface area contributed by atoms with Crippen LogP contribution in [0.4, 0.5) is 8.78 Å². The fourth-order valence-electron chi connectivity index (χ4n) is 3.12. The van der Waals surface area contributed by atoms with Gasteiger partial charge in [-0.15, -0.1) is 0 Å². The monoisotopic (exact) mass is 415 g/mol. The number of carbonyl (C=O) groups excluding carboxylic acids is 1. The van der Waals surface area contributed by atoms with Crippen molar-refractivity contribution in [2.24, 2.45) is 5.92 Å². The molecule has 1 heterocycles. The fraction of sp³-hybridized carbons (Fsp3) is 0.364. The molecule has 1 aliphatic carbocycles. The minimum atomic E-state index is -0.713. The molecule has 0 bridgehead atoms. The van der Waals surface area contributed by atoms with E-state index < -0.39 is 11.6 Å². The predicted octanol–water partition coefficient (Wildman–Crippen LogP) is 4.00. The molecule has 8 heteroatoms. The predicted molar refractivity (Wildman–Crippen MR) is 108 cm³/mol. The summed E-state index contributed by atoms with van der Waals surface area (Å²) in [5.41, 5.74) is 0.610. The number of halogens is 2. The van der Waals surface area contributed by atoms with Crippen LogP contribution in [-0.2, 0) is 4.79 Å². The second kappa shape index (κ2) is 8.30. The van der Waals surface area contributed by atoms with E-state index in [4.69, 9.17) is 9.47 Å². The van der Waals surface area contributed by atoms with Gasteiger partial charge in [0.05, 0.1) is 18.2 Å². The lowest BCUT2D eigenvalue weighted by Crippen LogP contribution is -2.35. The van der Waals surface area contributed by atoms with E-state index in [1.54, 1.807) is 19.2 Å². The molecule has 1 N–H and O–H groups in total. The lowest BCUT2D eigenvalue weighted by atomic mass is 10.2. The highest BCUT2D eigenvalue weighted by atomic mass is 19.1. The highest BCUT2D eigenvalue weighted by molar-refractivity contribution is 5.80. The molecular formula is C22H23F2N3O3. The van der Waals surface area contributed by atoms with Crippen LogP contribution >= 0.6 is 0 Å². The number of carbonyl (C=O) groups is 1. The van der Waals surface area contributed by atoms with Gasteiger partial charge in [0.2, 0.25) is 5.91 Å². The van der Waals surface area contributed by atoms with Gasteiger partial charge in [0.25, 0.3) is 0 Å². The Labute approximate surface area is 172 Å². The maximum Gasteiger partial charge on any atom is 0.217 e. The Bertz CT molecular complexity index is 1080. The third-order valence-electron chi connectivity index (χ3n) is 4.85. The minimum Gasteiger partial charge on any atom is -0.493 e. The zero-order chi connectivity index (χ0) is 21.3. The van der Waals surface area contributed by atoms with E-state index in [0.29, 0.717) is 23.8 Å². The summed E-state index contributed by atoms with van der Waals surface area (Å²) in [7, 11) is 0. The van der Waals surface area contributed by atoms with Gasteiger partial charge in [-0.05, 0) is 37.8 Å². The van der Waals surface area contributed by atoms with Crippen molar-refractivity contribution in [3.05, 3.63) is 48.2 Å². The highest BCUT2D eigenvalue weighted by Crippen LogP contribution is 2.30. The largest absolute Gasteiger partial charge is 0.493 e. The van der Waals surface area contributed by atoms with E-state index in [-0.39, 0.29) is 30.0 Å². The summed E-state index contributed by atoms with van der Waals surface area (Å²) in [4.78, 5) is 11.0. The molecule has 1 aliphatic rings. The first-order valence-electron chi connectivity index (χ1n) is 9.90. The van der Waals surface area contributed by atoms with Crippen LogP contribution < -0.4 is 14.8 Å². The summed E-state index contributed by atoms with van der Waals surface area (Å²) in [5, 5.41) is 7.77. The van der Waals surface area contributed by atoms with Crippen molar-refractivity contribution >= 4 is 16.8 Å². The Morgan fingerprint density at radius 1 is 1.23 bits per heavy atom. The van der Waals surface area contributed by atoms with Crippen LogP contribution in [0.3, 0.4) is 0 Å². The van der Waals surface area contributed by atoms with Crippen molar-refractivity contribution in [1.82, 2.24) is 15.1 Å². The van der Waals surface area contributed by atoms with Crippen molar-refractivity contribution in [2.45, 2.75) is 32.7 Å². The number of amides is 1. The van der Waals surface area contributed by atoms with Gasteiger partial charge in [0, 0.05) is 36.7 Å². The number of nitrogens with one attached hydrogen (secondary N) is 1. The van der Waals surface area contributed by atoms with Gasteiger partial charge < -0.3 is 14.8 Å². The molecule has 2 aromatic carbocycles. The highest BCUT2D eigenvalue weighted by Gasteiger charge is 2.22. The van der Waals surface area contributed by atoms with Gasteiger partial charge >= 0.3 is 0 Å². The molecule has 0 unspecified atom stereocenters. The summed E-state index contributed by atoms with van der Waals surface area (Å²) >= 11 is 0. The fourth-order valence-corrected chi connectivity index (χ4v) is 3.12. The zero-order valence-electron chi connectivity index (χ0n) is 16.8. The summed E-state index contributed by atoms with van der Waals surface area (Å²) in [6.07, 6.45) is 4.04. The molecule has 1 fully saturated rings. The topological polar surface area (TPSA) is 65.4 Å². The summed E-state index contributed by atoms with van der Waals surface area (Å²) in [5.74, 6) is -0.479. The van der Waals surface area contributed by atoms with E-state index in [0.717, 1.165) is 17.5 Å². The van der Waals surface area contributed by atoms with Crippen molar-refractivity contribution in [3.63, 3.8) is 0 Å². The molecule has 0 spiro atoms. The van der Waals surface area contributed by atoms with Gasteiger partial charge in [-0.25, -0.2) is 13.5 Å². The van der Waals surface area contributed by atoms with Gasteiger partial charge in [-0.3, -0.25) is 4.79 Å². The smallest absolute Gasteiger partial charge is 0.217 e. The number of fused-ring (bicyclic) bond motifs is 1. The Balaban J connectivity index is 1.52. The normalized spacial score (nSPS) is 14.5. The first kappa shape index (κ1) is 20.1. The van der Waals surface area contributed by atoms with Crippen molar-refractivity contribution < 1.29 is 23.0 Å². The third kappa shape index (κ3) is 4.69. The Morgan fingerprint density at radius 3 is 2.77 bits per heavy atom. The van der Waals surface area contributed by atoms with E-state index in [1.165, 1.54) is 24.4 Å². The molecule has 0 saturated heterocycles. The maximum atomic E-state index is 14.7. The first-order chi connectivity index (χ1) is 14.4. The lowest BCUT2D eigenvalue weighted by Gasteiger charge is -2.15. The number of benzene rings is 2. The molecule has 1 amide bonds. The lowest BCUT2D eigenvalue weighted by molar-refractivity contribution is -0.119. The first-order valence-corrected chi connectivity index (χ1v) is 9.90. The van der Waals surface area contributed by atoms with Crippen LogP contribution in [-0.4, -0.2) is 34.9 Å². The quantitative estimate of drug-likeness (QED) is 0.604. The Morgan fingerprint density at radius 2 is 2.03 bits per heavy atom. The molecule has 4 rings (SSSR count). The number of ether oxygens (including phenoxy) is 2. The number of rotatable bonds is 8. The van der Waals surface area contributed by atoms with Crippen molar-refractivity contribution in [3.8, 4) is 17.2 Å². The molecule has 1 saturated carbocycles. The summed E-state index contributed by atoms with van der Waals surface area (Å²) in [6, 6.07) is 7.18. The summed E-state index contributed by atoms with van der Waals surface area (Å²) in [6.45, 7) is 3.79. The summed E-state index contributed by atoms with van der Waals surface area (Å²) < 4.78 is 41.5. The van der Waals surface area contributed by atoms with Gasteiger partial charge in [-0.1, -0.05) is 0 Å². The standard InChI is InChI=1S/C22H23F2N3O3/c1-13(25-14(2)28)11-30-22-9-18(23)21(8-19(22)24)27-10-16-5-6-17(7-20(16)26-27)29-12-15-3-4-15/h5-10,13,15H,3-4,11-12H2,1-2H3,(H,25,28)/t13-/m0/s1. The number of hydrogen-bond donors (Lipinski definition) is 1. The zero-order valence-corrected chi connectivity index (χ0v) is 16.8. The second-order valence-corrected chi connectivity index (χ2v) is 7.70. The van der Waals surface area contributed by atoms with Crippen LogP contribution in [0, 0.1) is 17.6 Å². The molecule has 158 valence electrons. The van der Waals surface area contributed by atoms with Crippen LogP contribution in [0.25, 0.3) is 16.6 Å². The number of hydrogen-bond acceptors (Lipinski definition) is 4. The second-order valence-electron chi connectivity index (χ2n) is 7.70. The molecule has 1 atom stereocenters. The molecule has 6 nitrogen and oxygen atoms in total. The van der Waals surface area contributed by atoms with Crippen molar-refractivity contribution in [1.29, 1.82) is 0 Å². The van der Waals surface area contributed by atoms with Gasteiger partial charge in [-0.2, -0.15) is 5.10 Å². The van der Waals surface area contributed by atoms with E-state index >= 15 is 0 Å². The molecule has 1 aromatic heterocycles. The van der Waals surface area contributed by atoms with Crippen molar-refractivity contribution in [2.75, 3.05) is 13.2 Å². The molecular weight excluding hydrogens is 392 g/mol. The SMILES string of the molecule is CC(=O)N[C@@H](C)COc1cc(F)c(-n2cc3ccc(OCC4CC4)cc3n2)cc1F.